The minimum absolute atomic E-state index is 0.156. The van der Waals surface area contributed by atoms with Crippen LogP contribution in [0, 0.1) is 28.6 Å². The topological polar surface area (TPSA) is 138 Å². The molecule has 0 amide bonds. The number of carbonyl (C=O) groups excluding carboxylic acids is 1. The molecule has 0 aromatic rings. The molecule has 7 heteroatoms. The molecule has 0 spiro atoms. The summed E-state index contributed by atoms with van der Waals surface area (Å²) in [6.07, 6.45) is 1.62. The summed E-state index contributed by atoms with van der Waals surface area (Å²) in [5.74, 6) is -2.44. The molecular weight excluding hydrogens is 304 g/mol. The molecule has 0 bridgehead atoms. The zero-order chi connectivity index (χ0) is 18.3. The lowest BCUT2D eigenvalue weighted by Gasteiger charge is -2.52. The van der Waals surface area contributed by atoms with Crippen LogP contribution in [0.4, 0.5) is 0 Å². The molecule has 0 aromatic carbocycles. The van der Waals surface area contributed by atoms with Gasteiger partial charge in [0.1, 0.15) is 0 Å². The fourth-order valence-corrected chi connectivity index (χ4v) is 3.35. The average Bonchev–Trinajstić information content (AvgIpc) is 2.60. The minimum atomic E-state index is -1.43. The van der Waals surface area contributed by atoms with Gasteiger partial charge in [0.15, 0.2) is 0 Å². The molecule has 0 rings (SSSR count). The summed E-state index contributed by atoms with van der Waals surface area (Å²) in [4.78, 5) is 11.2. The quantitative estimate of drug-likeness (QED) is 0.238. The molecule has 6 N–H and O–H groups in total. The van der Waals surface area contributed by atoms with E-state index in [9.17, 15) is 35.4 Å². The molecule has 2 unspecified atom stereocenters. The first kappa shape index (κ1) is 22.2. The van der Waals surface area contributed by atoms with Gasteiger partial charge in [0, 0.05) is 35.5 Å². The van der Waals surface area contributed by atoms with Crippen molar-refractivity contribution in [2.45, 2.75) is 13.8 Å². The Balaban J connectivity index is 6.49. The third-order valence-electron chi connectivity index (χ3n) is 5.32. The molecule has 2 atom stereocenters. The molecule has 0 aliphatic carbocycles. The van der Waals surface area contributed by atoms with Gasteiger partial charge < -0.3 is 30.6 Å². The molecule has 7 nitrogen and oxygen atoms in total. The highest BCUT2D eigenvalue weighted by molar-refractivity contribution is 5.74. The Kier molecular flexibility index (Phi) is 9.12. The molecule has 0 aliphatic rings. The highest BCUT2D eigenvalue weighted by atomic mass is 16.3. The lowest BCUT2D eigenvalue weighted by atomic mass is 9.53. The van der Waals surface area contributed by atoms with E-state index in [-0.39, 0.29) is 5.57 Å². The van der Waals surface area contributed by atoms with Gasteiger partial charge in [-0.05, 0) is 11.8 Å². The summed E-state index contributed by atoms with van der Waals surface area (Å²) in [7, 11) is 0. The second kappa shape index (κ2) is 9.46. The highest BCUT2D eigenvalue weighted by Gasteiger charge is 2.55. The van der Waals surface area contributed by atoms with E-state index in [2.05, 4.69) is 6.58 Å². The van der Waals surface area contributed by atoms with E-state index in [1.54, 1.807) is 20.1 Å². The standard InChI is InChI=1S/C16H29O7/c1-11(4-17)14(15(7-20,8-21)12(2)5-18)16(9-22,10-23)13(3)6-19/h12-14,18-23H,1,5-10H2,2-3H3. The SMILES string of the molecule is C=C([C]=O)C(C(CO)(CO)C(C)CO)C(CO)(CO)C(C)CO. The number of hydrogen-bond donors (Lipinski definition) is 6. The number of allylic oxidation sites excluding steroid dienone is 1. The first-order chi connectivity index (χ1) is 10.8. The van der Waals surface area contributed by atoms with Crippen LogP contribution in [0.15, 0.2) is 12.2 Å². The fraction of sp³-hybridized carbons (Fsp3) is 0.812. The van der Waals surface area contributed by atoms with Gasteiger partial charge in [-0.3, -0.25) is 4.79 Å². The third-order valence-corrected chi connectivity index (χ3v) is 5.32. The number of aliphatic hydroxyl groups is 6. The minimum Gasteiger partial charge on any atom is -0.396 e. The van der Waals surface area contributed by atoms with E-state index in [1.165, 1.54) is 0 Å². The van der Waals surface area contributed by atoms with Gasteiger partial charge in [-0.1, -0.05) is 20.4 Å². The van der Waals surface area contributed by atoms with Crippen LogP contribution in [0.5, 0.6) is 0 Å². The normalized spacial score (nSPS) is 16.7. The van der Waals surface area contributed by atoms with Gasteiger partial charge in [-0.15, -0.1) is 0 Å². The smallest absolute Gasteiger partial charge is 0.228 e. The van der Waals surface area contributed by atoms with Crippen molar-refractivity contribution in [3.05, 3.63) is 12.2 Å². The van der Waals surface area contributed by atoms with Crippen LogP contribution in [0.25, 0.3) is 0 Å². The molecular formula is C16H29O7. The van der Waals surface area contributed by atoms with Crippen LogP contribution in [-0.4, -0.2) is 76.6 Å². The van der Waals surface area contributed by atoms with E-state index in [1.807, 2.05) is 0 Å². The van der Waals surface area contributed by atoms with Crippen LogP contribution in [0.1, 0.15) is 13.8 Å². The van der Waals surface area contributed by atoms with Crippen molar-refractivity contribution in [3.8, 4) is 0 Å². The summed E-state index contributed by atoms with van der Waals surface area (Å²) >= 11 is 0. The van der Waals surface area contributed by atoms with Crippen molar-refractivity contribution >= 4 is 6.29 Å². The second-order valence-electron chi connectivity index (χ2n) is 6.33. The molecule has 135 valence electrons. The van der Waals surface area contributed by atoms with Gasteiger partial charge >= 0.3 is 0 Å². The van der Waals surface area contributed by atoms with Crippen LogP contribution >= 0.6 is 0 Å². The van der Waals surface area contributed by atoms with Crippen LogP contribution in [0.2, 0.25) is 0 Å². The van der Waals surface area contributed by atoms with Gasteiger partial charge in [0.05, 0.1) is 26.4 Å². The first-order valence-corrected chi connectivity index (χ1v) is 7.53. The predicted octanol–water partition coefficient (Wildman–Crippen LogP) is -1.53. The molecule has 0 saturated carbocycles. The van der Waals surface area contributed by atoms with Crippen LogP contribution in [0.3, 0.4) is 0 Å². The summed E-state index contributed by atoms with van der Waals surface area (Å²) in [5.41, 5.74) is -3.02. The second-order valence-corrected chi connectivity index (χ2v) is 6.33. The van der Waals surface area contributed by atoms with Crippen molar-refractivity contribution in [2.24, 2.45) is 28.6 Å². The summed E-state index contributed by atoms with van der Waals surface area (Å²) < 4.78 is 0. The monoisotopic (exact) mass is 333 g/mol. The molecule has 0 fully saturated rings. The van der Waals surface area contributed by atoms with Crippen LogP contribution in [-0.2, 0) is 4.79 Å². The zero-order valence-electron chi connectivity index (χ0n) is 13.8. The molecule has 0 saturated heterocycles. The van der Waals surface area contributed by atoms with Gasteiger partial charge in [-0.2, -0.15) is 0 Å². The average molecular weight is 333 g/mol. The van der Waals surface area contributed by atoms with E-state index in [4.69, 9.17) is 0 Å². The Labute approximate surface area is 136 Å². The molecule has 0 heterocycles. The Morgan fingerprint density at radius 2 is 1.17 bits per heavy atom. The Bertz CT molecular complexity index is 349. The van der Waals surface area contributed by atoms with Crippen molar-refractivity contribution in [2.75, 3.05) is 39.6 Å². The van der Waals surface area contributed by atoms with Crippen molar-refractivity contribution in [1.29, 1.82) is 0 Å². The molecule has 23 heavy (non-hydrogen) atoms. The van der Waals surface area contributed by atoms with Crippen molar-refractivity contribution < 1.29 is 35.4 Å². The highest BCUT2D eigenvalue weighted by Crippen LogP contribution is 2.51. The Morgan fingerprint density at radius 3 is 1.35 bits per heavy atom. The van der Waals surface area contributed by atoms with Crippen LogP contribution < -0.4 is 0 Å². The zero-order valence-corrected chi connectivity index (χ0v) is 13.8. The molecule has 1 radical (unpaired) electrons. The van der Waals surface area contributed by atoms with Crippen molar-refractivity contribution in [3.63, 3.8) is 0 Å². The number of rotatable bonds is 12. The Morgan fingerprint density at radius 1 is 0.870 bits per heavy atom. The summed E-state index contributed by atoms with van der Waals surface area (Å²) in [6, 6.07) is 0. The Hall–Kier alpha value is -0.830. The van der Waals surface area contributed by atoms with Gasteiger partial charge in [0.2, 0.25) is 6.29 Å². The molecule has 0 aromatic heterocycles. The molecule has 0 aliphatic heterocycles. The lowest BCUT2D eigenvalue weighted by Crippen LogP contribution is -2.58. The van der Waals surface area contributed by atoms with Gasteiger partial charge in [-0.25, -0.2) is 0 Å². The van der Waals surface area contributed by atoms with E-state index < -0.39 is 68.2 Å². The summed E-state index contributed by atoms with van der Waals surface area (Å²) in [6.45, 7) is 3.48. The maximum absolute atomic E-state index is 11.2. The maximum Gasteiger partial charge on any atom is 0.228 e. The predicted molar refractivity (Wildman–Crippen MR) is 84.0 cm³/mol. The number of hydrogen-bond acceptors (Lipinski definition) is 7. The van der Waals surface area contributed by atoms with Gasteiger partial charge in [0.25, 0.3) is 0 Å². The first-order valence-electron chi connectivity index (χ1n) is 7.53. The largest absolute Gasteiger partial charge is 0.396 e. The fourth-order valence-electron chi connectivity index (χ4n) is 3.35. The number of aliphatic hydroxyl groups excluding tert-OH is 6. The van der Waals surface area contributed by atoms with E-state index in [0.717, 1.165) is 0 Å². The van der Waals surface area contributed by atoms with E-state index in [0.29, 0.717) is 0 Å². The third kappa shape index (κ3) is 3.81. The lowest BCUT2D eigenvalue weighted by molar-refractivity contribution is -0.136. The van der Waals surface area contributed by atoms with E-state index >= 15 is 0 Å². The summed E-state index contributed by atoms with van der Waals surface area (Å²) in [5, 5.41) is 58.8. The van der Waals surface area contributed by atoms with Crippen molar-refractivity contribution in [1.82, 2.24) is 0 Å². The maximum atomic E-state index is 11.2.